The smallest absolute Gasteiger partial charge is 0.348 e. The number of carbonyl (C=O) groups excluding carboxylic acids is 2. The summed E-state index contributed by atoms with van der Waals surface area (Å²) in [5.74, 6) is -1.06. The first kappa shape index (κ1) is 19.9. The van der Waals surface area contributed by atoms with Gasteiger partial charge in [0.1, 0.15) is 23.9 Å². The molecular weight excluding hydrogens is 396 g/mol. The topological polar surface area (TPSA) is 106 Å². The molecule has 0 saturated heterocycles. The van der Waals surface area contributed by atoms with Crippen LogP contribution in [0.4, 0.5) is 5.69 Å². The molecule has 8 nitrogen and oxygen atoms in total. The van der Waals surface area contributed by atoms with Crippen molar-refractivity contribution >= 4 is 34.7 Å². The van der Waals surface area contributed by atoms with Crippen molar-refractivity contribution in [1.82, 2.24) is 9.55 Å². The predicted octanol–water partition coefficient (Wildman–Crippen LogP) is 3.02. The standard InChI is InChI=1S/C23H18N4O4/c1-30-23(29)16(11-24)9-17-13-27(22-19(17)6-4-8-25-22)12-15-5-2-3-7-20(15)26-18-10-21(28)31-14-18/h2-10,13,26H,12,14H2,1H3. The van der Waals surface area contributed by atoms with E-state index in [0.29, 0.717) is 23.5 Å². The van der Waals surface area contributed by atoms with E-state index in [-0.39, 0.29) is 18.1 Å². The fourth-order valence-electron chi connectivity index (χ4n) is 3.37. The number of esters is 2. The molecule has 31 heavy (non-hydrogen) atoms. The Balaban J connectivity index is 1.72. The average Bonchev–Trinajstić information content (AvgIpc) is 3.36. The summed E-state index contributed by atoms with van der Waals surface area (Å²) in [6.07, 6.45) is 6.47. The molecular formula is C23H18N4O4. The van der Waals surface area contributed by atoms with E-state index in [2.05, 4.69) is 15.0 Å². The van der Waals surface area contributed by atoms with E-state index in [1.807, 2.05) is 47.2 Å². The van der Waals surface area contributed by atoms with Crippen LogP contribution in [-0.2, 0) is 25.6 Å². The number of nitrogens with one attached hydrogen (secondary N) is 1. The predicted molar refractivity (Wildman–Crippen MR) is 114 cm³/mol. The van der Waals surface area contributed by atoms with Crippen LogP contribution in [0.3, 0.4) is 0 Å². The summed E-state index contributed by atoms with van der Waals surface area (Å²) in [6.45, 7) is 0.688. The molecule has 154 valence electrons. The number of benzene rings is 1. The number of aromatic nitrogens is 2. The highest BCUT2D eigenvalue weighted by Crippen LogP contribution is 2.26. The molecule has 0 spiro atoms. The number of nitriles is 1. The van der Waals surface area contributed by atoms with Gasteiger partial charge in [0, 0.05) is 35.1 Å². The fourth-order valence-corrected chi connectivity index (χ4v) is 3.37. The Hall–Kier alpha value is -4.38. The number of cyclic esters (lactones) is 1. The molecule has 0 fully saturated rings. The van der Waals surface area contributed by atoms with Gasteiger partial charge in [-0.3, -0.25) is 0 Å². The first-order valence-electron chi connectivity index (χ1n) is 9.45. The first-order chi connectivity index (χ1) is 15.1. The van der Waals surface area contributed by atoms with E-state index < -0.39 is 5.97 Å². The van der Waals surface area contributed by atoms with Crippen molar-refractivity contribution in [2.24, 2.45) is 0 Å². The summed E-state index contributed by atoms with van der Waals surface area (Å²) in [5.41, 5.74) is 3.81. The minimum atomic E-state index is -0.691. The zero-order valence-electron chi connectivity index (χ0n) is 16.7. The number of rotatable bonds is 6. The van der Waals surface area contributed by atoms with Gasteiger partial charge in [-0.25, -0.2) is 14.6 Å². The number of anilines is 1. The van der Waals surface area contributed by atoms with E-state index in [0.717, 1.165) is 16.6 Å². The van der Waals surface area contributed by atoms with Crippen molar-refractivity contribution in [2.75, 3.05) is 19.0 Å². The Bertz CT molecular complexity index is 1280. The van der Waals surface area contributed by atoms with Crippen LogP contribution in [0.15, 0.2) is 66.1 Å². The third kappa shape index (κ3) is 4.16. The summed E-state index contributed by atoms with van der Waals surface area (Å²) in [6, 6.07) is 13.3. The summed E-state index contributed by atoms with van der Waals surface area (Å²) in [7, 11) is 1.24. The minimum Gasteiger partial charge on any atom is -0.465 e. The van der Waals surface area contributed by atoms with Gasteiger partial charge in [0.05, 0.1) is 19.4 Å². The molecule has 3 heterocycles. The molecule has 1 aliphatic heterocycles. The molecule has 1 aromatic carbocycles. The Morgan fingerprint density at radius 2 is 2.19 bits per heavy atom. The van der Waals surface area contributed by atoms with Crippen molar-refractivity contribution < 1.29 is 19.1 Å². The zero-order valence-corrected chi connectivity index (χ0v) is 16.7. The van der Waals surface area contributed by atoms with Gasteiger partial charge >= 0.3 is 11.9 Å². The number of para-hydroxylation sites is 1. The van der Waals surface area contributed by atoms with Gasteiger partial charge in [0.2, 0.25) is 0 Å². The monoisotopic (exact) mass is 414 g/mol. The lowest BCUT2D eigenvalue weighted by atomic mass is 10.1. The van der Waals surface area contributed by atoms with E-state index in [4.69, 9.17) is 4.74 Å². The summed E-state index contributed by atoms with van der Waals surface area (Å²) < 4.78 is 11.6. The lowest BCUT2D eigenvalue weighted by molar-refractivity contribution is -0.136. The normalized spacial score (nSPS) is 13.5. The Morgan fingerprint density at radius 3 is 2.94 bits per heavy atom. The van der Waals surface area contributed by atoms with Crippen LogP contribution in [0.5, 0.6) is 0 Å². The molecule has 2 aromatic heterocycles. The molecule has 8 heteroatoms. The van der Waals surface area contributed by atoms with Crippen LogP contribution in [0.25, 0.3) is 17.1 Å². The number of hydrogen-bond donors (Lipinski definition) is 1. The maximum absolute atomic E-state index is 11.8. The van der Waals surface area contributed by atoms with Gasteiger partial charge in [-0.15, -0.1) is 0 Å². The second-order valence-electron chi connectivity index (χ2n) is 6.81. The van der Waals surface area contributed by atoms with Crippen LogP contribution in [0.1, 0.15) is 11.1 Å². The first-order valence-corrected chi connectivity index (χ1v) is 9.45. The SMILES string of the molecule is COC(=O)C(C#N)=Cc1cn(Cc2ccccc2NC2=CC(=O)OC2)c2ncccc12. The number of pyridine rings is 1. The van der Waals surface area contributed by atoms with Crippen LogP contribution in [0.2, 0.25) is 0 Å². The van der Waals surface area contributed by atoms with Gasteiger partial charge in [0.15, 0.2) is 0 Å². The van der Waals surface area contributed by atoms with Gasteiger partial charge < -0.3 is 19.4 Å². The molecule has 0 radical (unpaired) electrons. The van der Waals surface area contributed by atoms with Crippen molar-refractivity contribution in [2.45, 2.75) is 6.54 Å². The highest BCUT2D eigenvalue weighted by atomic mass is 16.5. The molecule has 4 rings (SSSR count). The van der Waals surface area contributed by atoms with Crippen LogP contribution >= 0.6 is 0 Å². The maximum Gasteiger partial charge on any atom is 0.348 e. The Kier molecular flexibility index (Phi) is 5.49. The molecule has 0 atom stereocenters. The molecule has 1 aliphatic rings. The third-order valence-electron chi connectivity index (χ3n) is 4.81. The van der Waals surface area contributed by atoms with Crippen molar-refractivity contribution in [3.05, 3.63) is 77.3 Å². The van der Waals surface area contributed by atoms with E-state index in [1.165, 1.54) is 19.3 Å². The second kappa shape index (κ2) is 8.55. The highest BCUT2D eigenvalue weighted by Gasteiger charge is 2.16. The molecule has 1 N–H and O–H groups in total. The minimum absolute atomic E-state index is 0.0923. The number of ether oxygens (including phenoxy) is 2. The third-order valence-corrected chi connectivity index (χ3v) is 4.81. The summed E-state index contributed by atoms with van der Waals surface area (Å²) >= 11 is 0. The van der Waals surface area contributed by atoms with Crippen LogP contribution in [-0.4, -0.2) is 35.2 Å². The largest absolute Gasteiger partial charge is 0.465 e. The molecule has 0 amide bonds. The summed E-state index contributed by atoms with van der Waals surface area (Å²) in [5, 5.41) is 13.4. The highest BCUT2D eigenvalue weighted by molar-refractivity contribution is 6.00. The Labute approximate surface area is 178 Å². The van der Waals surface area contributed by atoms with Gasteiger partial charge in [-0.2, -0.15) is 5.26 Å². The Morgan fingerprint density at radius 1 is 1.35 bits per heavy atom. The van der Waals surface area contributed by atoms with E-state index in [1.54, 1.807) is 12.3 Å². The lowest BCUT2D eigenvalue weighted by Gasteiger charge is -2.13. The average molecular weight is 414 g/mol. The van der Waals surface area contributed by atoms with Crippen LogP contribution in [0, 0.1) is 11.3 Å². The molecule has 0 bridgehead atoms. The quantitative estimate of drug-likeness (QED) is 0.375. The number of methoxy groups -OCH3 is 1. The van der Waals surface area contributed by atoms with E-state index >= 15 is 0 Å². The molecule has 0 saturated carbocycles. The number of hydrogen-bond acceptors (Lipinski definition) is 7. The summed E-state index contributed by atoms with van der Waals surface area (Å²) in [4.78, 5) is 27.6. The number of carbonyl (C=O) groups is 2. The number of nitrogens with zero attached hydrogens (tertiary/aromatic N) is 3. The number of fused-ring (bicyclic) bond motifs is 1. The molecule has 3 aromatic rings. The maximum atomic E-state index is 11.8. The van der Waals surface area contributed by atoms with E-state index in [9.17, 15) is 14.9 Å². The fraction of sp³-hybridized carbons (Fsp3) is 0.130. The van der Waals surface area contributed by atoms with Gasteiger partial charge in [0.25, 0.3) is 0 Å². The lowest BCUT2D eigenvalue weighted by Crippen LogP contribution is -2.06. The molecule has 0 aliphatic carbocycles. The molecule has 0 unspecified atom stereocenters. The zero-order chi connectivity index (χ0) is 21.8. The van der Waals surface area contributed by atoms with Crippen molar-refractivity contribution in [1.29, 1.82) is 5.26 Å². The van der Waals surface area contributed by atoms with Crippen molar-refractivity contribution in [3.63, 3.8) is 0 Å². The van der Waals surface area contributed by atoms with Gasteiger partial charge in [-0.05, 0) is 29.8 Å². The van der Waals surface area contributed by atoms with Gasteiger partial charge in [-0.1, -0.05) is 18.2 Å². The van der Waals surface area contributed by atoms with Crippen molar-refractivity contribution in [3.8, 4) is 6.07 Å². The second-order valence-corrected chi connectivity index (χ2v) is 6.81. The van der Waals surface area contributed by atoms with Crippen LogP contribution < -0.4 is 5.32 Å².